The van der Waals surface area contributed by atoms with Crippen LogP contribution in [-0.4, -0.2) is 18.4 Å². The number of hydrogen-bond donors (Lipinski definition) is 2. The molecular formula is C23H27ClN2O2. The summed E-state index contributed by atoms with van der Waals surface area (Å²) in [4.78, 5) is 24.7. The maximum Gasteiger partial charge on any atom is 0.240 e. The van der Waals surface area contributed by atoms with Crippen LogP contribution in [0.5, 0.6) is 0 Å². The van der Waals surface area contributed by atoms with Crippen LogP contribution in [0.15, 0.2) is 54.6 Å². The monoisotopic (exact) mass is 398 g/mol. The van der Waals surface area contributed by atoms with Crippen molar-refractivity contribution in [1.82, 2.24) is 10.6 Å². The number of rotatable bonds is 7. The molecule has 0 aliphatic heterocycles. The Morgan fingerprint density at radius 1 is 0.893 bits per heavy atom. The summed E-state index contributed by atoms with van der Waals surface area (Å²) in [6.45, 7) is -0.0114. The van der Waals surface area contributed by atoms with Crippen molar-refractivity contribution < 1.29 is 9.59 Å². The molecule has 0 spiro atoms. The second kappa shape index (κ2) is 10.3. The molecule has 1 aliphatic rings. The molecule has 0 saturated heterocycles. The van der Waals surface area contributed by atoms with E-state index in [0.717, 1.165) is 24.0 Å². The van der Waals surface area contributed by atoms with Gasteiger partial charge in [-0.1, -0.05) is 73.3 Å². The first-order chi connectivity index (χ1) is 13.6. The summed E-state index contributed by atoms with van der Waals surface area (Å²) < 4.78 is 0. The van der Waals surface area contributed by atoms with E-state index in [-0.39, 0.29) is 24.4 Å². The Balaban J connectivity index is 1.58. The van der Waals surface area contributed by atoms with Crippen LogP contribution in [0.1, 0.15) is 55.7 Å². The first kappa shape index (κ1) is 20.4. The normalized spacial score (nSPS) is 15.6. The van der Waals surface area contributed by atoms with E-state index in [1.807, 2.05) is 54.6 Å². The van der Waals surface area contributed by atoms with E-state index in [1.54, 1.807) is 0 Å². The Morgan fingerprint density at radius 2 is 1.54 bits per heavy atom. The number of amides is 2. The molecular weight excluding hydrogens is 372 g/mol. The molecule has 4 nitrogen and oxygen atoms in total. The van der Waals surface area contributed by atoms with Gasteiger partial charge in [-0.05, 0) is 42.0 Å². The zero-order valence-electron chi connectivity index (χ0n) is 16.0. The molecule has 1 aliphatic carbocycles. The van der Waals surface area contributed by atoms with Gasteiger partial charge in [0.25, 0.3) is 0 Å². The SMILES string of the molecule is O=C(CC1CCCCC1)NCC(=O)NC(c1ccccc1)c1ccc(Cl)cc1. The average Bonchev–Trinajstić information content (AvgIpc) is 2.73. The molecule has 0 aromatic heterocycles. The Labute approximate surface area is 171 Å². The van der Waals surface area contributed by atoms with E-state index in [2.05, 4.69) is 10.6 Å². The molecule has 1 unspecified atom stereocenters. The largest absolute Gasteiger partial charge is 0.347 e. The van der Waals surface area contributed by atoms with Crippen LogP contribution in [0.25, 0.3) is 0 Å². The minimum Gasteiger partial charge on any atom is -0.347 e. The van der Waals surface area contributed by atoms with E-state index >= 15 is 0 Å². The van der Waals surface area contributed by atoms with Crippen LogP contribution < -0.4 is 10.6 Å². The minimum absolute atomic E-state index is 0.0114. The molecule has 1 atom stereocenters. The summed E-state index contributed by atoms with van der Waals surface area (Å²) in [6.07, 6.45) is 6.44. The number of carbonyl (C=O) groups is 2. The van der Waals surface area contributed by atoms with Crippen molar-refractivity contribution >= 4 is 23.4 Å². The van der Waals surface area contributed by atoms with Gasteiger partial charge >= 0.3 is 0 Å². The second-order valence-corrected chi connectivity index (χ2v) is 7.88. The smallest absolute Gasteiger partial charge is 0.240 e. The molecule has 1 fully saturated rings. The Morgan fingerprint density at radius 3 is 2.21 bits per heavy atom. The number of hydrogen-bond acceptors (Lipinski definition) is 2. The molecule has 2 N–H and O–H groups in total. The predicted octanol–water partition coefficient (Wildman–Crippen LogP) is 4.63. The summed E-state index contributed by atoms with van der Waals surface area (Å²) in [7, 11) is 0. The summed E-state index contributed by atoms with van der Waals surface area (Å²) in [5.74, 6) is 0.216. The molecule has 1 saturated carbocycles. The fourth-order valence-electron chi connectivity index (χ4n) is 3.78. The molecule has 0 radical (unpaired) electrons. The third-order valence-corrected chi connectivity index (χ3v) is 5.54. The van der Waals surface area contributed by atoms with Crippen molar-refractivity contribution in [3.63, 3.8) is 0 Å². The zero-order chi connectivity index (χ0) is 19.8. The molecule has 28 heavy (non-hydrogen) atoms. The lowest BCUT2D eigenvalue weighted by Crippen LogP contribution is -2.39. The van der Waals surface area contributed by atoms with Crippen molar-refractivity contribution in [2.24, 2.45) is 5.92 Å². The molecule has 2 amide bonds. The van der Waals surface area contributed by atoms with Crippen LogP contribution in [0, 0.1) is 5.92 Å². The molecule has 0 bridgehead atoms. The van der Waals surface area contributed by atoms with Gasteiger partial charge in [-0.15, -0.1) is 0 Å². The topological polar surface area (TPSA) is 58.2 Å². The van der Waals surface area contributed by atoms with Crippen LogP contribution in [0.3, 0.4) is 0 Å². The first-order valence-electron chi connectivity index (χ1n) is 9.98. The highest BCUT2D eigenvalue weighted by Crippen LogP contribution is 2.26. The maximum atomic E-state index is 12.5. The van der Waals surface area contributed by atoms with Gasteiger partial charge in [0.2, 0.25) is 11.8 Å². The third kappa shape index (κ3) is 6.10. The summed E-state index contributed by atoms with van der Waals surface area (Å²) in [5, 5.41) is 6.46. The van der Waals surface area contributed by atoms with Crippen LogP contribution in [0.4, 0.5) is 0 Å². The second-order valence-electron chi connectivity index (χ2n) is 7.45. The maximum absolute atomic E-state index is 12.5. The van der Waals surface area contributed by atoms with Gasteiger partial charge in [0.05, 0.1) is 12.6 Å². The minimum atomic E-state index is -0.291. The van der Waals surface area contributed by atoms with Gasteiger partial charge < -0.3 is 10.6 Å². The Hall–Kier alpha value is -2.33. The number of benzene rings is 2. The lowest BCUT2D eigenvalue weighted by atomic mass is 9.87. The van der Waals surface area contributed by atoms with Crippen molar-refractivity contribution in [2.45, 2.75) is 44.6 Å². The molecule has 2 aromatic carbocycles. The van der Waals surface area contributed by atoms with E-state index in [0.29, 0.717) is 17.4 Å². The van der Waals surface area contributed by atoms with E-state index < -0.39 is 0 Å². The van der Waals surface area contributed by atoms with Crippen LogP contribution in [0.2, 0.25) is 5.02 Å². The fourth-order valence-corrected chi connectivity index (χ4v) is 3.90. The molecule has 148 valence electrons. The molecule has 2 aromatic rings. The van der Waals surface area contributed by atoms with Crippen LogP contribution >= 0.6 is 11.6 Å². The Bertz CT molecular complexity index is 771. The molecule has 0 heterocycles. The third-order valence-electron chi connectivity index (χ3n) is 5.29. The van der Waals surface area contributed by atoms with Gasteiger partial charge in [-0.2, -0.15) is 0 Å². The fraction of sp³-hybridized carbons (Fsp3) is 0.391. The van der Waals surface area contributed by atoms with Crippen molar-refractivity contribution in [3.05, 3.63) is 70.7 Å². The van der Waals surface area contributed by atoms with E-state index in [9.17, 15) is 9.59 Å². The highest BCUT2D eigenvalue weighted by molar-refractivity contribution is 6.30. The van der Waals surface area contributed by atoms with E-state index in [1.165, 1.54) is 19.3 Å². The van der Waals surface area contributed by atoms with Crippen molar-refractivity contribution in [2.75, 3.05) is 6.54 Å². The van der Waals surface area contributed by atoms with Gasteiger partial charge in [-0.25, -0.2) is 0 Å². The van der Waals surface area contributed by atoms with Gasteiger partial charge in [0, 0.05) is 11.4 Å². The van der Waals surface area contributed by atoms with Gasteiger partial charge in [0.1, 0.15) is 0 Å². The molecule has 3 rings (SSSR count). The standard InChI is InChI=1S/C23H27ClN2O2/c24-20-13-11-19(12-14-20)23(18-9-5-2-6-10-18)26-22(28)16-25-21(27)15-17-7-3-1-4-8-17/h2,5-6,9-14,17,23H,1,3-4,7-8,15-16H2,(H,25,27)(H,26,28). The lowest BCUT2D eigenvalue weighted by Gasteiger charge is -2.22. The highest BCUT2D eigenvalue weighted by Gasteiger charge is 2.19. The predicted molar refractivity (Wildman–Crippen MR) is 112 cm³/mol. The zero-order valence-corrected chi connectivity index (χ0v) is 16.8. The summed E-state index contributed by atoms with van der Waals surface area (Å²) in [5.41, 5.74) is 1.92. The first-order valence-corrected chi connectivity index (χ1v) is 10.4. The van der Waals surface area contributed by atoms with Crippen LogP contribution in [-0.2, 0) is 9.59 Å². The molecule has 5 heteroatoms. The lowest BCUT2D eigenvalue weighted by molar-refractivity contribution is -0.127. The Kier molecular flexibility index (Phi) is 7.49. The van der Waals surface area contributed by atoms with Crippen molar-refractivity contribution in [3.8, 4) is 0 Å². The summed E-state index contributed by atoms with van der Waals surface area (Å²) >= 11 is 6.00. The highest BCUT2D eigenvalue weighted by atomic mass is 35.5. The van der Waals surface area contributed by atoms with Gasteiger partial charge in [0.15, 0.2) is 0 Å². The number of halogens is 1. The number of nitrogens with one attached hydrogen (secondary N) is 2. The summed E-state index contributed by atoms with van der Waals surface area (Å²) in [6, 6.07) is 16.9. The van der Waals surface area contributed by atoms with Crippen molar-refractivity contribution in [1.29, 1.82) is 0 Å². The van der Waals surface area contributed by atoms with E-state index in [4.69, 9.17) is 11.6 Å². The van der Waals surface area contributed by atoms with Gasteiger partial charge in [-0.3, -0.25) is 9.59 Å². The number of carbonyl (C=O) groups excluding carboxylic acids is 2. The quantitative estimate of drug-likeness (QED) is 0.714. The average molecular weight is 399 g/mol.